The van der Waals surface area contributed by atoms with Crippen molar-refractivity contribution in [3.63, 3.8) is 0 Å². The lowest BCUT2D eigenvalue weighted by atomic mass is 10.1. The molecule has 0 aliphatic carbocycles. The van der Waals surface area contributed by atoms with Gasteiger partial charge in [0.25, 0.3) is 5.91 Å². The monoisotopic (exact) mass is 312 g/mol. The molecule has 0 aliphatic rings. The molecular weight excluding hydrogens is 292 g/mol. The van der Waals surface area contributed by atoms with Crippen LogP contribution in [0.5, 0.6) is 5.75 Å². The lowest BCUT2D eigenvalue weighted by Gasteiger charge is -2.08. The standard InChI is InChI=1S/C18H20N2O3/c1-13-7-8-15(11-16(13)21)18(23)20-12-17(22)19-10-9-14-5-3-2-4-6-14/h2-8,11,21H,9-10,12H2,1H3,(H,19,22)(H,20,23). The van der Waals surface area contributed by atoms with Crippen molar-refractivity contribution in [1.29, 1.82) is 0 Å². The number of carbonyl (C=O) groups is 2. The Morgan fingerprint density at radius 1 is 1.04 bits per heavy atom. The van der Waals surface area contributed by atoms with Gasteiger partial charge in [-0.25, -0.2) is 0 Å². The summed E-state index contributed by atoms with van der Waals surface area (Å²) >= 11 is 0. The van der Waals surface area contributed by atoms with Crippen molar-refractivity contribution in [2.75, 3.05) is 13.1 Å². The molecule has 0 atom stereocenters. The van der Waals surface area contributed by atoms with Gasteiger partial charge in [-0.3, -0.25) is 9.59 Å². The zero-order chi connectivity index (χ0) is 16.7. The summed E-state index contributed by atoms with van der Waals surface area (Å²) in [5, 5.41) is 14.9. The Bertz CT molecular complexity index is 684. The fraction of sp³-hybridized carbons (Fsp3) is 0.222. The first-order chi connectivity index (χ1) is 11.1. The molecule has 0 unspecified atom stereocenters. The Morgan fingerprint density at radius 2 is 1.78 bits per heavy atom. The highest BCUT2D eigenvalue weighted by Crippen LogP contribution is 2.17. The topological polar surface area (TPSA) is 78.4 Å². The Hall–Kier alpha value is -2.82. The van der Waals surface area contributed by atoms with E-state index in [2.05, 4.69) is 10.6 Å². The molecule has 3 N–H and O–H groups in total. The highest BCUT2D eigenvalue weighted by molar-refractivity contribution is 5.96. The first-order valence-corrected chi connectivity index (χ1v) is 7.44. The molecule has 120 valence electrons. The molecule has 0 spiro atoms. The number of aryl methyl sites for hydroxylation is 1. The Labute approximate surface area is 135 Å². The van der Waals surface area contributed by atoms with Gasteiger partial charge in [0.15, 0.2) is 0 Å². The van der Waals surface area contributed by atoms with Crippen molar-refractivity contribution in [3.05, 3.63) is 65.2 Å². The van der Waals surface area contributed by atoms with E-state index < -0.39 is 5.91 Å². The minimum atomic E-state index is -0.390. The van der Waals surface area contributed by atoms with Crippen molar-refractivity contribution < 1.29 is 14.7 Å². The molecule has 23 heavy (non-hydrogen) atoms. The zero-order valence-electron chi connectivity index (χ0n) is 13.0. The van der Waals surface area contributed by atoms with Crippen LogP contribution in [0.3, 0.4) is 0 Å². The Kier molecular flexibility index (Phi) is 5.74. The van der Waals surface area contributed by atoms with E-state index in [1.165, 1.54) is 6.07 Å². The molecule has 2 rings (SSSR count). The molecule has 0 radical (unpaired) electrons. The number of hydrogen-bond donors (Lipinski definition) is 3. The van der Waals surface area contributed by atoms with Gasteiger partial charge in [0, 0.05) is 12.1 Å². The summed E-state index contributed by atoms with van der Waals surface area (Å²) in [6.45, 7) is 2.17. The molecule has 0 fully saturated rings. The van der Waals surface area contributed by atoms with Crippen molar-refractivity contribution in [1.82, 2.24) is 10.6 Å². The van der Waals surface area contributed by atoms with Gasteiger partial charge < -0.3 is 15.7 Å². The zero-order valence-corrected chi connectivity index (χ0v) is 13.0. The third-order valence-electron chi connectivity index (χ3n) is 3.46. The van der Waals surface area contributed by atoms with Crippen molar-refractivity contribution in [3.8, 4) is 5.75 Å². The highest BCUT2D eigenvalue weighted by atomic mass is 16.3. The molecule has 5 nitrogen and oxygen atoms in total. The summed E-state index contributed by atoms with van der Waals surface area (Å²) < 4.78 is 0. The van der Waals surface area contributed by atoms with Crippen LogP contribution in [0.25, 0.3) is 0 Å². The van der Waals surface area contributed by atoms with Gasteiger partial charge in [-0.1, -0.05) is 36.4 Å². The van der Waals surface area contributed by atoms with Gasteiger partial charge in [0.05, 0.1) is 6.54 Å². The predicted octanol–water partition coefficient (Wildman–Crippen LogP) is 1.79. The number of phenols is 1. The first kappa shape index (κ1) is 16.5. The number of amides is 2. The van der Waals surface area contributed by atoms with E-state index >= 15 is 0 Å². The number of nitrogens with one attached hydrogen (secondary N) is 2. The lowest BCUT2D eigenvalue weighted by Crippen LogP contribution is -2.37. The van der Waals surface area contributed by atoms with E-state index in [1.54, 1.807) is 19.1 Å². The summed E-state index contributed by atoms with van der Waals surface area (Å²) in [7, 11) is 0. The van der Waals surface area contributed by atoms with Gasteiger partial charge >= 0.3 is 0 Å². The average Bonchev–Trinajstić information content (AvgIpc) is 2.56. The van der Waals surface area contributed by atoms with Crippen LogP contribution in [0.4, 0.5) is 0 Å². The quantitative estimate of drug-likeness (QED) is 0.761. The van der Waals surface area contributed by atoms with Crippen LogP contribution in [0.1, 0.15) is 21.5 Å². The van der Waals surface area contributed by atoms with Gasteiger partial charge in [-0.05, 0) is 36.6 Å². The SMILES string of the molecule is Cc1ccc(C(=O)NCC(=O)NCCc2ccccc2)cc1O. The predicted molar refractivity (Wildman–Crippen MR) is 88.3 cm³/mol. The molecular formula is C18H20N2O3. The molecule has 0 saturated heterocycles. The molecule has 0 aromatic heterocycles. The molecule has 0 heterocycles. The number of carbonyl (C=O) groups excluding carboxylic acids is 2. The molecule has 0 aliphatic heterocycles. The molecule has 0 bridgehead atoms. The van der Waals surface area contributed by atoms with Crippen LogP contribution < -0.4 is 10.6 Å². The smallest absolute Gasteiger partial charge is 0.251 e. The van der Waals surface area contributed by atoms with Gasteiger partial charge in [-0.2, -0.15) is 0 Å². The third-order valence-corrected chi connectivity index (χ3v) is 3.46. The number of aromatic hydroxyl groups is 1. The summed E-state index contributed by atoms with van der Waals surface area (Å²) in [6.07, 6.45) is 0.742. The fourth-order valence-electron chi connectivity index (χ4n) is 2.07. The maximum Gasteiger partial charge on any atom is 0.251 e. The number of hydrogen-bond acceptors (Lipinski definition) is 3. The van der Waals surface area contributed by atoms with E-state index in [9.17, 15) is 14.7 Å². The number of phenolic OH excluding ortho intramolecular Hbond substituents is 1. The van der Waals surface area contributed by atoms with E-state index in [0.29, 0.717) is 17.7 Å². The molecule has 0 saturated carbocycles. The van der Waals surface area contributed by atoms with Gasteiger partial charge in [0.2, 0.25) is 5.91 Å². The lowest BCUT2D eigenvalue weighted by molar-refractivity contribution is -0.120. The third kappa shape index (κ3) is 5.14. The van der Waals surface area contributed by atoms with E-state index in [1.807, 2.05) is 30.3 Å². The normalized spacial score (nSPS) is 10.1. The van der Waals surface area contributed by atoms with Crippen LogP contribution in [0.15, 0.2) is 48.5 Å². The van der Waals surface area contributed by atoms with Gasteiger partial charge in [0.1, 0.15) is 5.75 Å². The minimum Gasteiger partial charge on any atom is -0.508 e. The largest absolute Gasteiger partial charge is 0.508 e. The van der Waals surface area contributed by atoms with E-state index in [0.717, 1.165) is 12.0 Å². The van der Waals surface area contributed by atoms with Crippen LogP contribution in [-0.4, -0.2) is 30.0 Å². The minimum absolute atomic E-state index is 0.0602. The van der Waals surface area contributed by atoms with Crippen LogP contribution in [0.2, 0.25) is 0 Å². The molecule has 2 aromatic carbocycles. The second-order valence-corrected chi connectivity index (χ2v) is 5.27. The molecule has 2 aromatic rings. The summed E-state index contributed by atoms with van der Waals surface area (Å²) in [4.78, 5) is 23.6. The highest BCUT2D eigenvalue weighted by Gasteiger charge is 2.09. The maximum atomic E-state index is 11.9. The van der Waals surface area contributed by atoms with Crippen molar-refractivity contribution in [2.24, 2.45) is 0 Å². The van der Waals surface area contributed by atoms with Crippen molar-refractivity contribution in [2.45, 2.75) is 13.3 Å². The fourth-order valence-corrected chi connectivity index (χ4v) is 2.07. The van der Waals surface area contributed by atoms with Gasteiger partial charge in [-0.15, -0.1) is 0 Å². The van der Waals surface area contributed by atoms with Crippen molar-refractivity contribution >= 4 is 11.8 Å². The second kappa shape index (κ2) is 7.98. The maximum absolute atomic E-state index is 11.9. The Morgan fingerprint density at radius 3 is 2.48 bits per heavy atom. The summed E-state index contributed by atoms with van der Waals surface area (Å²) in [5.41, 5.74) is 2.16. The van der Waals surface area contributed by atoms with Crippen LogP contribution in [-0.2, 0) is 11.2 Å². The van der Waals surface area contributed by atoms with E-state index in [-0.39, 0.29) is 18.2 Å². The Balaban J connectivity index is 1.73. The number of rotatable bonds is 6. The molecule has 2 amide bonds. The van der Waals surface area contributed by atoms with E-state index in [4.69, 9.17) is 0 Å². The number of benzene rings is 2. The second-order valence-electron chi connectivity index (χ2n) is 5.27. The summed E-state index contributed by atoms with van der Waals surface area (Å²) in [5.74, 6) is -0.575. The first-order valence-electron chi connectivity index (χ1n) is 7.44. The van der Waals surface area contributed by atoms with Crippen LogP contribution in [0, 0.1) is 6.92 Å². The molecule has 5 heteroatoms. The average molecular weight is 312 g/mol. The van der Waals surface area contributed by atoms with Crippen LogP contribution >= 0.6 is 0 Å². The summed E-state index contributed by atoms with van der Waals surface area (Å²) in [6, 6.07) is 14.5.